The summed E-state index contributed by atoms with van der Waals surface area (Å²) in [6, 6.07) is 9.67. The summed E-state index contributed by atoms with van der Waals surface area (Å²) in [5.74, 6) is 6.66. The summed E-state index contributed by atoms with van der Waals surface area (Å²) >= 11 is 0. The fourth-order valence-electron chi connectivity index (χ4n) is 2.93. The molecule has 6 nitrogen and oxygen atoms in total. The minimum atomic E-state index is -0.814. The molecule has 0 bridgehead atoms. The van der Waals surface area contributed by atoms with E-state index in [9.17, 15) is 5.11 Å². The molecule has 1 aliphatic carbocycles. The van der Waals surface area contributed by atoms with Gasteiger partial charge in [-0.15, -0.1) is 0 Å². The molecule has 0 saturated heterocycles. The van der Waals surface area contributed by atoms with E-state index < -0.39 is 5.60 Å². The van der Waals surface area contributed by atoms with Gasteiger partial charge in [0.25, 0.3) is 0 Å². The monoisotopic (exact) mass is 334 g/mol. The highest BCUT2D eigenvalue weighted by Gasteiger charge is 2.32. The maximum Gasteiger partial charge on any atom is 0.227 e. The summed E-state index contributed by atoms with van der Waals surface area (Å²) in [5.41, 5.74) is 7.39. The molecule has 1 saturated carbocycles. The molecule has 25 heavy (non-hydrogen) atoms. The van der Waals surface area contributed by atoms with E-state index in [-0.39, 0.29) is 5.95 Å². The van der Waals surface area contributed by atoms with E-state index in [1.54, 1.807) is 7.11 Å². The zero-order valence-electron chi connectivity index (χ0n) is 13.9. The number of methoxy groups -OCH3 is 1. The molecular weight excluding hydrogens is 316 g/mol. The van der Waals surface area contributed by atoms with E-state index in [4.69, 9.17) is 10.5 Å². The number of anilines is 1. The fourth-order valence-corrected chi connectivity index (χ4v) is 2.93. The van der Waals surface area contributed by atoms with Gasteiger partial charge >= 0.3 is 0 Å². The van der Waals surface area contributed by atoms with Crippen molar-refractivity contribution in [1.29, 1.82) is 0 Å². The van der Waals surface area contributed by atoms with Gasteiger partial charge in [0, 0.05) is 17.4 Å². The lowest BCUT2D eigenvalue weighted by Gasteiger charge is -2.30. The molecule has 0 radical (unpaired) electrons. The van der Waals surface area contributed by atoms with Crippen molar-refractivity contribution in [2.24, 2.45) is 0 Å². The summed E-state index contributed by atoms with van der Waals surface area (Å²) in [6.45, 7) is 0. The van der Waals surface area contributed by atoms with Crippen molar-refractivity contribution in [3.05, 3.63) is 42.1 Å². The third-order valence-corrected chi connectivity index (χ3v) is 4.46. The lowest BCUT2D eigenvalue weighted by atomic mass is 9.81. The SMILES string of the molecule is COc1nc(N)nc2c1ccn2-c1cccc(C#CC2(O)CCC2)c1. The van der Waals surface area contributed by atoms with E-state index in [0.29, 0.717) is 11.5 Å². The van der Waals surface area contributed by atoms with Crippen molar-refractivity contribution in [2.45, 2.75) is 24.9 Å². The van der Waals surface area contributed by atoms with Crippen LogP contribution >= 0.6 is 0 Å². The fraction of sp³-hybridized carbons (Fsp3) is 0.263. The molecule has 0 unspecified atom stereocenters. The Morgan fingerprint density at radius 1 is 1.28 bits per heavy atom. The quantitative estimate of drug-likeness (QED) is 0.702. The zero-order chi connectivity index (χ0) is 17.4. The molecule has 126 valence electrons. The van der Waals surface area contributed by atoms with Crippen molar-refractivity contribution in [2.75, 3.05) is 12.8 Å². The first-order valence-electron chi connectivity index (χ1n) is 8.12. The Kier molecular flexibility index (Phi) is 3.59. The highest BCUT2D eigenvalue weighted by molar-refractivity contribution is 5.84. The van der Waals surface area contributed by atoms with Gasteiger partial charge in [-0.2, -0.15) is 9.97 Å². The van der Waals surface area contributed by atoms with Crippen molar-refractivity contribution in [1.82, 2.24) is 14.5 Å². The van der Waals surface area contributed by atoms with Crippen molar-refractivity contribution >= 4 is 17.0 Å². The molecule has 1 aromatic carbocycles. The maximum absolute atomic E-state index is 10.1. The second kappa shape index (κ2) is 5.80. The summed E-state index contributed by atoms with van der Waals surface area (Å²) in [5, 5.41) is 10.9. The number of aromatic nitrogens is 3. The van der Waals surface area contributed by atoms with Crippen LogP contribution in [0.2, 0.25) is 0 Å². The standard InChI is InChI=1S/C19H18N4O2/c1-25-17-15-7-11-23(16(15)21-18(20)22-17)14-5-2-4-13(12-14)6-10-19(24)8-3-9-19/h2,4-5,7,11-12,24H,3,8-9H2,1H3,(H2,20,21,22). The van der Waals surface area contributed by atoms with Gasteiger partial charge < -0.3 is 20.1 Å². The Balaban J connectivity index is 1.77. The van der Waals surface area contributed by atoms with Gasteiger partial charge in [0.1, 0.15) is 5.60 Å². The third kappa shape index (κ3) is 2.79. The number of aliphatic hydroxyl groups is 1. The number of benzene rings is 1. The van der Waals surface area contributed by atoms with Gasteiger partial charge in [-0.05, 0) is 43.5 Å². The molecule has 6 heteroatoms. The molecule has 3 aromatic rings. The normalized spacial score (nSPS) is 15.3. The van der Waals surface area contributed by atoms with Crippen LogP contribution in [-0.2, 0) is 0 Å². The highest BCUT2D eigenvalue weighted by atomic mass is 16.5. The van der Waals surface area contributed by atoms with Gasteiger partial charge in [-0.3, -0.25) is 0 Å². The van der Waals surface area contributed by atoms with E-state index in [2.05, 4.69) is 21.8 Å². The van der Waals surface area contributed by atoms with E-state index in [1.165, 1.54) is 0 Å². The molecular formula is C19H18N4O2. The molecule has 0 amide bonds. The molecule has 2 aromatic heterocycles. The van der Waals surface area contributed by atoms with Gasteiger partial charge in [0.15, 0.2) is 5.65 Å². The third-order valence-electron chi connectivity index (χ3n) is 4.46. The largest absolute Gasteiger partial charge is 0.480 e. The summed E-state index contributed by atoms with van der Waals surface area (Å²) < 4.78 is 7.20. The topological polar surface area (TPSA) is 86.2 Å². The number of ether oxygens (including phenoxy) is 1. The lowest BCUT2D eigenvalue weighted by molar-refractivity contribution is 0.0240. The van der Waals surface area contributed by atoms with Crippen LogP contribution in [0.1, 0.15) is 24.8 Å². The second-order valence-electron chi connectivity index (χ2n) is 6.20. The van der Waals surface area contributed by atoms with Crippen LogP contribution in [0, 0.1) is 11.8 Å². The van der Waals surface area contributed by atoms with Crippen LogP contribution in [0.25, 0.3) is 16.7 Å². The second-order valence-corrected chi connectivity index (χ2v) is 6.20. The molecule has 0 aliphatic heterocycles. The first-order chi connectivity index (χ1) is 12.1. The molecule has 1 fully saturated rings. The summed E-state index contributed by atoms with van der Waals surface area (Å²) in [4.78, 5) is 8.43. The van der Waals surface area contributed by atoms with Crippen LogP contribution in [-0.4, -0.2) is 32.4 Å². The van der Waals surface area contributed by atoms with Crippen molar-refractivity contribution in [3.8, 4) is 23.4 Å². The summed E-state index contributed by atoms with van der Waals surface area (Å²) in [6.07, 6.45) is 4.42. The molecule has 2 heterocycles. The first kappa shape index (κ1) is 15.5. The minimum Gasteiger partial charge on any atom is -0.480 e. The van der Waals surface area contributed by atoms with Crippen LogP contribution in [0.3, 0.4) is 0 Å². The smallest absolute Gasteiger partial charge is 0.227 e. The number of hydrogen-bond acceptors (Lipinski definition) is 5. The Morgan fingerprint density at radius 3 is 2.84 bits per heavy atom. The van der Waals surface area contributed by atoms with Crippen molar-refractivity contribution < 1.29 is 9.84 Å². The predicted molar refractivity (Wildman–Crippen MR) is 95.5 cm³/mol. The number of nitrogens with two attached hydrogens (primary N) is 1. The lowest BCUT2D eigenvalue weighted by Crippen LogP contribution is -2.34. The Morgan fingerprint density at radius 2 is 2.12 bits per heavy atom. The first-order valence-corrected chi connectivity index (χ1v) is 8.12. The van der Waals surface area contributed by atoms with Gasteiger partial charge in [0.2, 0.25) is 11.8 Å². The zero-order valence-corrected chi connectivity index (χ0v) is 13.9. The molecule has 1 aliphatic rings. The average molecular weight is 334 g/mol. The van der Waals surface area contributed by atoms with E-state index >= 15 is 0 Å². The Hall–Kier alpha value is -3.04. The molecule has 4 rings (SSSR count). The van der Waals surface area contributed by atoms with Crippen LogP contribution in [0.5, 0.6) is 5.88 Å². The van der Waals surface area contributed by atoms with Gasteiger partial charge in [-0.25, -0.2) is 0 Å². The van der Waals surface area contributed by atoms with Gasteiger partial charge in [0.05, 0.1) is 12.5 Å². The number of rotatable bonds is 2. The van der Waals surface area contributed by atoms with Crippen LogP contribution in [0.15, 0.2) is 36.5 Å². The average Bonchev–Trinajstić information content (AvgIpc) is 3.01. The maximum atomic E-state index is 10.1. The van der Waals surface area contributed by atoms with Gasteiger partial charge in [-0.1, -0.05) is 17.9 Å². The van der Waals surface area contributed by atoms with Crippen molar-refractivity contribution in [3.63, 3.8) is 0 Å². The van der Waals surface area contributed by atoms with E-state index in [1.807, 2.05) is 41.1 Å². The number of nitrogens with zero attached hydrogens (tertiary/aromatic N) is 3. The number of hydrogen-bond donors (Lipinski definition) is 2. The predicted octanol–water partition coefficient (Wildman–Crippen LogP) is 2.28. The minimum absolute atomic E-state index is 0.160. The molecule has 3 N–H and O–H groups in total. The van der Waals surface area contributed by atoms with Crippen LogP contribution < -0.4 is 10.5 Å². The summed E-state index contributed by atoms with van der Waals surface area (Å²) in [7, 11) is 1.56. The molecule has 0 spiro atoms. The molecule has 0 atom stereocenters. The van der Waals surface area contributed by atoms with E-state index in [0.717, 1.165) is 35.9 Å². The Bertz CT molecular complexity index is 1010. The number of nitrogen functional groups attached to an aromatic ring is 1. The Labute approximate surface area is 145 Å². The number of fused-ring (bicyclic) bond motifs is 1. The van der Waals surface area contributed by atoms with Crippen LogP contribution in [0.4, 0.5) is 5.95 Å². The highest BCUT2D eigenvalue weighted by Crippen LogP contribution is 2.31.